The Balaban J connectivity index is 3.56. The minimum Gasteiger partial charge on any atom is -0.271 e. The Labute approximate surface area is 65.1 Å². The Morgan fingerprint density at radius 2 is 2.55 bits per heavy atom. The fourth-order valence-corrected chi connectivity index (χ4v) is 0.296. The number of hydroxylamine groups is 1. The molecule has 0 saturated heterocycles. The summed E-state index contributed by atoms with van der Waals surface area (Å²) >= 11 is 0. The van der Waals surface area contributed by atoms with Crippen LogP contribution in [0.25, 0.3) is 0 Å². The summed E-state index contributed by atoms with van der Waals surface area (Å²) in [5, 5.41) is 8.26. The first-order valence-corrected chi connectivity index (χ1v) is 2.97. The highest BCUT2D eigenvalue weighted by atomic mass is 16.6. The summed E-state index contributed by atoms with van der Waals surface area (Å²) in [5.41, 5.74) is 2.03. The summed E-state index contributed by atoms with van der Waals surface area (Å²) < 4.78 is 0. The molecule has 4 heteroatoms. The average Bonchev–Trinajstić information content (AvgIpc) is 2.03. The maximum absolute atomic E-state index is 10.7. The zero-order valence-corrected chi connectivity index (χ0v) is 6.13. The maximum Gasteiger partial charge on any atom is 0.260 e. The fraction of sp³-hybridized carbons (Fsp3) is 0.429. The van der Waals surface area contributed by atoms with Gasteiger partial charge in [-0.25, -0.2) is 5.48 Å². The maximum atomic E-state index is 10.7. The van der Waals surface area contributed by atoms with Crippen molar-refractivity contribution in [1.29, 1.82) is 5.26 Å². The second-order valence-electron chi connectivity index (χ2n) is 1.81. The zero-order chi connectivity index (χ0) is 8.69. The number of nitrogens with one attached hydrogen (secondary N) is 1. The third kappa shape index (κ3) is 3.96. The van der Waals surface area contributed by atoms with Crippen LogP contribution in [0, 0.1) is 29.6 Å². The molecule has 1 atom stereocenters. The quantitative estimate of drug-likeness (QED) is 0.347. The Kier molecular flexibility index (Phi) is 4.55. The van der Waals surface area contributed by atoms with E-state index in [1.54, 1.807) is 6.07 Å². The topological polar surface area (TPSA) is 62.1 Å². The first-order chi connectivity index (χ1) is 5.22. The third-order valence-electron chi connectivity index (χ3n) is 0.915. The van der Waals surface area contributed by atoms with Crippen LogP contribution in [0.5, 0.6) is 0 Å². The molecule has 0 heterocycles. The molecule has 4 nitrogen and oxygen atoms in total. The van der Waals surface area contributed by atoms with Crippen LogP contribution in [0.3, 0.4) is 0 Å². The van der Waals surface area contributed by atoms with Crippen molar-refractivity contribution in [3.8, 4) is 18.4 Å². The first kappa shape index (κ1) is 9.48. The molecule has 0 aliphatic rings. The number of amides is 1. The van der Waals surface area contributed by atoms with Crippen LogP contribution in [-0.4, -0.2) is 12.5 Å². The molecule has 0 spiro atoms. The van der Waals surface area contributed by atoms with Gasteiger partial charge in [-0.3, -0.25) is 9.63 Å². The molecule has 0 rings (SSSR count). The van der Waals surface area contributed by atoms with Crippen LogP contribution in [0.15, 0.2) is 0 Å². The summed E-state index contributed by atoms with van der Waals surface area (Å²) in [4.78, 5) is 15.2. The third-order valence-corrected chi connectivity index (χ3v) is 0.915. The van der Waals surface area contributed by atoms with Crippen LogP contribution >= 0.6 is 0 Å². The van der Waals surface area contributed by atoms with Gasteiger partial charge in [-0.2, -0.15) is 5.26 Å². The largest absolute Gasteiger partial charge is 0.271 e. The Bertz CT molecular complexity index is 211. The molecule has 0 aliphatic heterocycles. The van der Waals surface area contributed by atoms with Crippen LogP contribution < -0.4 is 5.48 Å². The van der Waals surface area contributed by atoms with Crippen molar-refractivity contribution in [2.75, 3.05) is 6.61 Å². The highest BCUT2D eigenvalue weighted by molar-refractivity contribution is 5.79. The second-order valence-corrected chi connectivity index (χ2v) is 1.81. The van der Waals surface area contributed by atoms with Gasteiger partial charge in [-0.15, -0.1) is 6.42 Å². The SMILES string of the molecule is C#CCONC(=O)C(C)C#N. The number of hydrogen-bond acceptors (Lipinski definition) is 3. The van der Waals surface area contributed by atoms with E-state index in [0.29, 0.717) is 0 Å². The lowest BCUT2D eigenvalue weighted by molar-refractivity contribution is -0.134. The molecular formula is C7H8N2O2. The summed E-state index contributed by atoms with van der Waals surface area (Å²) in [6.07, 6.45) is 4.83. The van der Waals surface area contributed by atoms with Gasteiger partial charge in [0.15, 0.2) is 0 Å². The van der Waals surface area contributed by atoms with Gasteiger partial charge >= 0.3 is 0 Å². The van der Waals surface area contributed by atoms with Gasteiger partial charge in [0.1, 0.15) is 12.5 Å². The van der Waals surface area contributed by atoms with E-state index in [1.807, 2.05) is 5.48 Å². The molecule has 0 aromatic heterocycles. The molecule has 0 aromatic carbocycles. The molecule has 0 fully saturated rings. The summed E-state index contributed by atoms with van der Waals surface area (Å²) in [6, 6.07) is 1.75. The molecule has 0 saturated carbocycles. The van der Waals surface area contributed by atoms with Gasteiger partial charge in [0.2, 0.25) is 0 Å². The first-order valence-electron chi connectivity index (χ1n) is 2.97. The zero-order valence-electron chi connectivity index (χ0n) is 6.13. The van der Waals surface area contributed by atoms with Crippen molar-refractivity contribution < 1.29 is 9.63 Å². The normalized spacial score (nSPS) is 10.8. The molecule has 1 N–H and O–H groups in total. The van der Waals surface area contributed by atoms with Crippen molar-refractivity contribution in [3.63, 3.8) is 0 Å². The van der Waals surface area contributed by atoms with E-state index in [0.717, 1.165) is 0 Å². The average molecular weight is 152 g/mol. The molecule has 58 valence electrons. The second kappa shape index (κ2) is 5.28. The molecule has 1 amide bonds. The summed E-state index contributed by atoms with van der Waals surface area (Å²) in [7, 11) is 0. The van der Waals surface area contributed by atoms with Crippen LogP contribution in [-0.2, 0) is 9.63 Å². The van der Waals surface area contributed by atoms with Gasteiger partial charge < -0.3 is 0 Å². The summed E-state index contributed by atoms with van der Waals surface area (Å²) in [5.74, 6) is 0.962. The number of nitriles is 1. The number of hydrogen-bond donors (Lipinski definition) is 1. The lowest BCUT2D eigenvalue weighted by atomic mass is 10.2. The number of carbonyl (C=O) groups is 1. The highest BCUT2D eigenvalue weighted by Gasteiger charge is 2.09. The van der Waals surface area contributed by atoms with E-state index < -0.39 is 11.8 Å². The van der Waals surface area contributed by atoms with Crippen molar-refractivity contribution in [2.45, 2.75) is 6.92 Å². The molecule has 0 aliphatic carbocycles. The van der Waals surface area contributed by atoms with E-state index in [9.17, 15) is 4.79 Å². The van der Waals surface area contributed by atoms with E-state index >= 15 is 0 Å². The van der Waals surface area contributed by atoms with Gasteiger partial charge in [0.25, 0.3) is 5.91 Å². The van der Waals surface area contributed by atoms with Crippen molar-refractivity contribution >= 4 is 5.91 Å². The van der Waals surface area contributed by atoms with E-state index in [2.05, 4.69) is 10.8 Å². The molecule has 1 unspecified atom stereocenters. The molecule has 0 aromatic rings. The van der Waals surface area contributed by atoms with E-state index in [-0.39, 0.29) is 6.61 Å². The number of nitrogens with zero attached hydrogens (tertiary/aromatic N) is 1. The molecule has 0 radical (unpaired) electrons. The van der Waals surface area contributed by atoms with Crippen molar-refractivity contribution in [2.24, 2.45) is 5.92 Å². The van der Waals surface area contributed by atoms with Gasteiger partial charge in [0, 0.05) is 0 Å². The predicted octanol–water partition coefficient (Wildman–Crippen LogP) is -0.173. The minimum atomic E-state index is -0.715. The number of terminal acetylenes is 1. The van der Waals surface area contributed by atoms with Gasteiger partial charge in [-0.05, 0) is 6.92 Å². The minimum absolute atomic E-state index is 0.00386. The smallest absolute Gasteiger partial charge is 0.260 e. The van der Waals surface area contributed by atoms with E-state index in [1.165, 1.54) is 6.92 Å². The Hall–Kier alpha value is -1.52. The van der Waals surface area contributed by atoms with Crippen LogP contribution in [0.2, 0.25) is 0 Å². The number of carbonyl (C=O) groups excluding carboxylic acids is 1. The fourth-order valence-electron chi connectivity index (χ4n) is 0.296. The molecular weight excluding hydrogens is 144 g/mol. The lowest BCUT2D eigenvalue weighted by Gasteiger charge is -2.02. The van der Waals surface area contributed by atoms with Crippen LogP contribution in [0.4, 0.5) is 0 Å². The van der Waals surface area contributed by atoms with Crippen molar-refractivity contribution in [1.82, 2.24) is 5.48 Å². The standard InChI is InChI=1S/C7H8N2O2/c1-3-4-11-9-7(10)6(2)5-8/h1,6H,4H2,2H3,(H,9,10). The predicted molar refractivity (Wildman–Crippen MR) is 37.7 cm³/mol. The van der Waals surface area contributed by atoms with Gasteiger partial charge in [-0.1, -0.05) is 5.92 Å². The Morgan fingerprint density at radius 1 is 1.91 bits per heavy atom. The van der Waals surface area contributed by atoms with Crippen LogP contribution in [0.1, 0.15) is 6.92 Å². The molecule has 0 bridgehead atoms. The summed E-state index contributed by atoms with van der Waals surface area (Å²) in [6.45, 7) is 1.47. The van der Waals surface area contributed by atoms with Gasteiger partial charge in [0.05, 0.1) is 6.07 Å². The van der Waals surface area contributed by atoms with E-state index in [4.69, 9.17) is 11.7 Å². The van der Waals surface area contributed by atoms with Crippen molar-refractivity contribution in [3.05, 3.63) is 0 Å². The Morgan fingerprint density at radius 3 is 3.00 bits per heavy atom. The molecule has 11 heavy (non-hydrogen) atoms. The lowest BCUT2D eigenvalue weighted by Crippen LogP contribution is -2.28. The monoisotopic (exact) mass is 152 g/mol. The highest BCUT2D eigenvalue weighted by Crippen LogP contribution is 1.89. The number of rotatable bonds is 3.